The normalized spacial score (nSPS) is 10.8. The predicted octanol–water partition coefficient (Wildman–Crippen LogP) is 4.49. The first-order valence-electron chi connectivity index (χ1n) is 7.40. The van der Waals surface area contributed by atoms with Crippen molar-refractivity contribution in [3.8, 4) is 11.4 Å². The first kappa shape index (κ1) is 17.8. The average Bonchev–Trinajstić information content (AvgIpc) is 2.91. The van der Waals surface area contributed by atoms with Crippen molar-refractivity contribution < 1.29 is 0 Å². The molecule has 9 heteroatoms. The van der Waals surface area contributed by atoms with Gasteiger partial charge in [-0.3, -0.25) is 0 Å². The Hall–Kier alpha value is -2.02. The van der Waals surface area contributed by atoms with E-state index in [0.717, 1.165) is 17.0 Å². The van der Waals surface area contributed by atoms with Gasteiger partial charge >= 0.3 is 0 Å². The number of rotatable bonds is 5. The van der Waals surface area contributed by atoms with Gasteiger partial charge in [-0.25, -0.2) is 9.97 Å². The van der Waals surface area contributed by atoms with Gasteiger partial charge in [0, 0.05) is 32.4 Å². The fourth-order valence-corrected chi connectivity index (χ4v) is 3.12. The van der Waals surface area contributed by atoms with Crippen molar-refractivity contribution in [1.82, 2.24) is 19.5 Å². The van der Waals surface area contributed by atoms with Crippen molar-refractivity contribution in [2.24, 2.45) is 7.05 Å². The zero-order valence-electron chi connectivity index (χ0n) is 13.5. The second kappa shape index (κ2) is 7.47. The zero-order valence-corrected chi connectivity index (χ0v) is 15.8. The summed E-state index contributed by atoms with van der Waals surface area (Å²) in [7, 11) is 3.65. The Kier molecular flexibility index (Phi) is 5.32. The Morgan fingerprint density at radius 2 is 1.76 bits per heavy atom. The Morgan fingerprint density at radius 3 is 2.36 bits per heavy atom. The highest BCUT2D eigenvalue weighted by Crippen LogP contribution is 2.28. The van der Waals surface area contributed by atoms with Crippen molar-refractivity contribution in [1.29, 1.82) is 0 Å². The summed E-state index contributed by atoms with van der Waals surface area (Å²) in [6.45, 7) is 0.556. The quantitative estimate of drug-likeness (QED) is 0.490. The topological polar surface area (TPSA) is 67.7 Å². The molecule has 0 saturated heterocycles. The van der Waals surface area contributed by atoms with E-state index >= 15 is 0 Å². The Bertz CT molecular complexity index is 892. The summed E-state index contributed by atoms with van der Waals surface area (Å²) in [6.07, 6.45) is 1.77. The number of hydrogen-bond donors (Lipinski definition) is 2. The molecule has 0 saturated carbocycles. The Balaban J connectivity index is 1.76. The van der Waals surface area contributed by atoms with Crippen LogP contribution in [0.5, 0.6) is 0 Å². The molecule has 6 nitrogen and oxygen atoms in total. The maximum atomic E-state index is 6.06. The lowest BCUT2D eigenvalue weighted by Gasteiger charge is -2.12. The summed E-state index contributed by atoms with van der Waals surface area (Å²) in [4.78, 5) is 12.4. The summed E-state index contributed by atoms with van der Waals surface area (Å²) < 4.78 is 1.89. The van der Waals surface area contributed by atoms with Gasteiger partial charge in [-0.2, -0.15) is 4.98 Å². The SMILES string of the molecule is CNc1c(Cl)nc(Cl)nc1NCc1ccc(-c2nc(Cl)cn2C)cc1. The number of hydrogen-bond acceptors (Lipinski definition) is 5. The van der Waals surface area contributed by atoms with Gasteiger partial charge in [-0.15, -0.1) is 0 Å². The second-order valence-corrected chi connectivity index (χ2v) is 6.39. The molecule has 1 aromatic carbocycles. The summed E-state index contributed by atoms with van der Waals surface area (Å²) in [5.41, 5.74) is 2.66. The maximum Gasteiger partial charge on any atom is 0.225 e. The minimum Gasteiger partial charge on any atom is -0.383 e. The monoisotopic (exact) mass is 396 g/mol. The highest BCUT2D eigenvalue weighted by atomic mass is 35.5. The van der Waals surface area contributed by atoms with E-state index in [9.17, 15) is 0 Å². The van der Waals surface area contributed by atoms with Gasteiger partial charge in [0.25, 0.3) is 0 Å². The molecule has 0 amide bonds. The molecule has 0 aliphatic rings. The lowest BCUT2D eigenvalue weighted by atomic mass is 10.1. The summed E-state index contributed by atoms with van der Waals surface area (Å²) in [5.74, 6) is 1.36. The lowest BCUT2D eigenvalue weighted by Crippen LogP contribution is -2.06. The largest absolute Gasteiger partial charge is 0.383 e. The summed E-state index contributed by atoms with van der Waals surface area (Å²) in [5, 5.41) is 7.01. The molecule has 3 aromatic rings. The molecule has 2 aromatic heterocycles. The van der Waals surface area contributed by atoms with Crippen molar-refractivity contribution in [3.63, 3.8) is 0 Å². The minimum atomic E-state index is 0.0912. The van der Waals surface area contributed by atoms with Gasteiger partial charge in [-0.1, -0.05) is 47.5 Å². The maximum absolute atomic E-state index is 6.06. The number of benzene rings is 1. The van der Waals surface area contributed by atoms with Gasteiger partial charge in [0.15, 0.2) is 11.0 Å². The second-order valence-electron chi connectivity index (χ2n) is 5.31. The highest BCUT2D eigenvalue weighted by Gasteiger charge is 2.11. The van der Waals surface area contributed by atoms with Crippen LogP contribution in [-0.2, 0) is 13.6 Å². The number of aryl methyl sites for hydroxylation is 1. The molecule has 0 aliphatic heterocycles. The van der Waals surface area contributed by atoms with Crippen LogP contribution in [0.1, 0.15) is 5.56 Å². The first-order chi connectivity index (χ1) is 12.0. The molecule has 0 aliphatic carbocycles. The van der Waals surface area contributed by atoms with E-state index in [-0.39, 0.29) is 10.4 Å². The van der Waals surface area contributed by atoms with Crippen molar-refractivity contribution in [2.45, 2.75) is 6.54 Å². The van der Waals surface area contributed by atoms with Crippen LogP contribution in [0, 0.1) is 0 Å². The molecular weight excluding hydrogens is 383 g/mol. The molecule has 130 valence electrons. The van der Waals surface area contributed by atoms with Crippen LogP contribution in [0.4, 0.5) is 11.5 Å². The zero-order chi connectivity index (χ0) is 18.0. The van der Waals surface area contributed by atoms with Crippen LogP contribution >= 0.6 is 34.8 Å². The van der Waals surface area contributed by atoms with E-state index < -0.39 is 0 Å². The van der Waals surface area contributed by atoms with E-state index in [1.54, 1.807) is 13.2 Å². The van der Waals surface area contributed by atoms with Gasteiger partial charge in [0.05, 0.1) is 0 Å². The lowest BCUT2D eigenvalue weighted by molar-refractivity contribution is 0.924. The van der Waals surface area contributed by atoms with Crippen molar-refractivity contribution in [2.75, 3.05) is 17.7 Å². The fourth-order valence-electron chi connectivity index (χ4n) is 2.41. The molecule has 0 unspecified atom stereocenters. The van der Waals surface area contributed by atoms with Crippen molar-refractivity contribution >= 4 is 46.3 Å². The molecule has 3 rings (SSSR count). The number of aromatic nitrogens is 4. The van der Waals surface area contributed by atoms with Gasteiger partial charge in [0.2, 0.25) is 5.28 Å². The highest BCUT2D eigenvalue weighted by molar-refractivity contribution is 6.34. The van der Waals surface area contributed by atoms with Gasteiger partial charge in [-0.05, 0) is 17.2 Å². The summed E-state index contributed by atoms with van der Waals surface area (Å²) in [6, 6.07) is 8.01. The van der Waals surface area contributed by atoms with Crippen LogP contribution in [0.15, 0.2) is 30.5 Å². The van der Waals surface area contributed by atoms with Crippen LogP contribution in [-0.4, -0.2) is 26.6 Å². The molecule has 0 fully saturated rings. The third-order valence-electron chi connectivity index (χ3n) is 3.61. The minimum absolute atomic E-state index is 0.0912. The molecule has 0 spiro atoms. The average molecular weight is 398 g/mol. The van der Waals surface area contributed by atoms with Crippen LogP contribution in [0.3, 0.4) is 0 Å². The number of nitrogens with one attached hydrogen (secondary N) is 2. The van der Waals surface area contributed by atoms with Crippen LogP contribution in [0.25, 0.3) is 11.4 Å². The standard InChI is InChI=1S/C16H15Cl3N6/c1-20-12-13(18)23-16(19)24-14(12)21-7-9-3-5-10(6-4-9)15-22-11(17)8-25(15)2/h3-6,8,20H,7H2,1-2H3,(H,21,23,24). The molecular formula is C16H15Cl3N6. The van der Waals surface area contributed by atoms with Gasteiger partial charge in [0.1, 0.15) is 16.7 Å². The molecule has 2 heterocycles. The summed E-state index contributed by atoms with van der Waals surface area (Å²) >= 11 is 17.9. The molecule has 2 N–H and O–H groups in total. The van der Waals surface area contributed by atoms with Crippen LogP contribution in [0.2, 0.25) is 15.6 Å². The van der Waals surface area contributed by atoms with Crippen LogP contribution < -0.4 is 10.6 Å². The number of anilines is 2. The van der Waals surface area contributed by atoms with E-state index in [4.69, 9.17) is 34.8 Å². The molecule has 0 radical (unpaired) electrons. The molecule has 25 heavy (non-hydrogen) atoms. The number of halogens is 3. The Labute approximate surface area is 160 Å². The van der Waals surface area contributed by atoms with Crippen molar-refractivity contribution in [3.05, 3.63) is 51.6 Å². The smallest absolute Gasteiger partial charge is 0.225 e. The third-order valence-corrected chi connectivity index (χ3v) is 4.23. The third kappa shape index (κ3) is 3.98. The number of imidazole rings is 1. The van der Waals surface area contributed by atoms with E-state index in [1.165, 1.54) is 0 Å². The number of nitrogens with zero attached hydrogens (tertiary/aromatic N) is 4. The Morgan fingerprint density at radius 1 is 1.04 bits per heavy atom. The van der Waals surface area contributed by atoms with E-state index in [1.807, 2.05) is 35.9 Å². The molecule has 0 bridgehead atoms. The van der Waals surface area contributed by atoms with E-state index in [2.05, 4.69) is 25.6 Å². The molecule has 0 atom stereocenters. The fraction of sp³-hybridized carbons (Fsp3) is 0.188. The van der Waals surface area contributed by atoms with Gasteiger partial charge < -0.3 is 15.2 Å². The predicted molar refractivity (Wildman–Crippen MR) is 103 cm³/mol. The van der Waals surface area contributed by atoms with E-state index in [0.29, 0.717) is 23.2 Å². The first-order valence-corrected chi connectivity index (χ1v) is 8.54.